The first kappa shape index (κ1) is 21.2. The number of carbonyl (C=O) groups excluding carboxylic acids is 2. The van der Waals surface area contributed by atoms with Crippen molar-refractivity contribution in [3.63, 3.8) is 0 Å². The van der Waals surface area contributed by atoms with E-state index in [2.05, 4.69) is 5.32 Å². The summed E-state index contributed by atoms with van der Waals surface area (Å²) >= 11 is 0. The van der Waals surface area contributed by atoms with Crippen LogP contribution < -0.4 is 10.0 Å². The van der Waals surface area contributed by atoms with Crippen molar-refractivity contribution in [1.82, 2.24) is 9.62 Å². The van der Waals surface area contributed by atoms with Crippen molar-refractivity contribution in [1.29, 1.82) is 0 Å². The van der Waals surface area contributed by atoms with Gasteiger partial charge in [0.15, 0.2) is 0 Å². The van der Waals surface area contributed by atoms with E-state index in [4.69, 9.17) is 0 Å². The van der Waals surface area contributed by atoms with E-state index in [1.54, 1.807) is 32.3 Å². The summed E-state index contributed by atoms with van der Waals surface area (Å²) in [7, 11) is -0.811. The Morgan fingerprint density at radius 1 is 0.885 bits per heavy atom. The molecular formula is C18H23N3O4S. The molecule has 0 unspecified atom stereocenters. The third-order valence-corrected chi connectivity index (χ3v) is 4.43. The van der Waals surface area contributed by atoms with Gasteiger partial charge in [-0.05, 0) is 36.4 Å². The second-order valence-corrected chi connectivity index (χ2v) is 6.83. The lowest BCUT2D eigenvalue weighted by atomic mass is 10.2. The lowest BCUT2D eigenvalue weighted by Gasteiger charge is -2.12. The molecular weight excluding hydrogens is 354 g/mol. The minimum atomic E-state index is -3.99. The predicted octanol–water partition coefficient (Wildman–Crippen LogP) is 2.93. The first-order valence-electron chi connectivity index (χ1n) is 8.00. The van der Waals surface area contributed by atoms with Crippen molar-refractivity contribution in [2.24, 2.45) is 0 Å². The Balaban J connectivity index is 0.00000163. The fourth-order valence-corrected chi connectivity index (χ4v) is 2.76. The number of hydrogen-bond donors (Lipinski definition) is 2. The molecule has 2 aromatic carbocycles. The molecule has 2 N–H and O–H groups in total. The van der Waals surface area contributed by atoms with E-state index in [0.717, 1.165) is 0 Å². The van der Waals surface area contributed by atoms with Gasteiger partial charge >= 0.3 is 6.03 Å². The zero-order valence-electron chi connectivity index (χ0n) is 15.2. The summed E-state index contributed by atoms with van der Waals surface area (Å²) < 4.78 is 26.5. The largest absolute Gasteiger partial charge is 0.331 e. The fourth-order valence-electron chi connectivity index (χ4n) is 1.78. The SMILES string of the molecule is CC.CN(C)C(=O)Nc1ccc(S(=O)(=O)NC(=O)c2ccccc2)cc1. The fraction of sp³-hybridized carbons (Fsp3) is 0.222. The predicted molar refractivity (Wildman–Crippen MR) is 102 cm³/mol. The summed E-state index contributed by atoms with van der Waals surface area (Å²) in [4.78, 5) is 24.8. The lowest BCUT2D eigenvalue weighted by molar-refractivity contribution is 0.0981. The molecule has 0 aromatic heterocycles. The minimum Gasteiger partial charge on any atom is -0.331 e. The van der Waals surface area contributed by atoms with Crippen LogP contribution in [0.25, 0.3) is 0 Å². The minimum absolute atomic E-state index is 0.0744. The average Bonchev–Trinajstić information content (AvgIpc) is 2.64. The topological polar surface area (TPSA) is 95.6 Å². The summed E-state index contributed by atoms with van der Waals surface area (Å²) in [5.74, 6) is -0.708. The van der Waals surface area contributed by atoms with Crippen molar-refractivity contribution < 1.29 is 18.0 Å². The van der Waals surface area contributed by atoms with Gasteiger partial charge in [-0.2, -0.15) is 0 Å². The monoisotopic (exact) mass is 377 g/mol. The number of hydrogen-bond acceptors (Lipinski definition) is 4. The lowest BCUT2D eigenvalue weighted by Crippen LogP contribution is -2.30. The van der Waals surface area contributed by atoms with Crippen LogP contribution in [0.5, 0.6) is 0 Å². The first-order valence-corrected chi connectivity index (χ1v) is 9.48. The molecule has 0 aliphatic heterocycles. The van der Waals surface area contributed by atoms with Gasteiger partial charge in [-0.3, -0.25) is 4.79 Å². The molecule has 26 heavy (non-hydrogen) atoms. The second kappa shape index (κ2) is 9.57. The Morgan fingerprint density at radius 3 is 1.92 bits per heavy atom. The van der Waals surface area contributed by atoms with Gasteiger partial charge in [0, 0.05) is 25.3 Å². The summed E-state index contributed by atoms with van der Waals surface area (Å²) in [5, 5.41) is 2.59. The van der Waals surface area contributed by atoms with Crippen LogP contribution in [0, 0.1) is 0 Å². The van der Waals surface area contributed by atoms with Gasteiger partial charge in [-0.25, -0.2) is 17.9 Å². The summed E-state index contributed by atoms with van der Waals surface area (Å²) in [6.07, 6.45) is 0. The highest BCUT2D eigenvalue weighted by molar-refractivity contribution is 7.90. The van der Waals surface area contributed by atoms with Gasteiger partial charge in [-0.1, -0.05) is 32.0 Å². The molecule has 0 saturated carbocycles. The highest BCUT2D eigenvalue weighted by Gasteiger charge is 2.18. The Morgan fingerprint density at radius 2 is 1.42 bits per heavy atom. The van der Waals surface area contributed by atoms with Crippen LogP contribution in [0.4, 0.5) is 10.5 Å². The van der Waals surface area contributed by atoms with Crippen LogP contribution in [-0.4, -0.2) is 39.4 Å². The third kappa shape index (κ3) is 5.89. The Hall–Kier alpha value is -2.87. The summed E-state index contributed by atoms with van der Waals surface area (Å²) in [5.41, 5.74) is 0.693. The molecule has 0 spiro atoms. The molecule has 8 heteroatoms. The van der Waals surface area contributed by atoms with Gasteiger partial charge in [0.1, 0.15) is 0 Å². The number of sulfonamides is 1. The number of anilines is 1. The molecule has 0 saturated heterocycles. The number of amides is 3. The van der Waals surface area contributed by atoms with Crippen LogP contribution in [0.2, 0.25) is 0 Å². The first-order chi connectivity index (χ1) is 12.3. The van der Waals surface area contributed by atoms with Gasteiger partial charge in [0.2, 0.25) is 0 Å². The van der Waals surface area contributed by atoms with E-state index < -0.39 is 15.9 Å². The molecule has 140 valence electrons. The molecule has 3 amide bonds. The zero-order chi connectivity index (χ0) is 19.7. The summed E-state index contributed by atoms with van der Waals surface area (Å²) in [6, 6.07) is 13.2. The number of rotatable bonds is 4. The van der Waals surface area contributed by atoms with Crippen molar-refractivity contribution in [2.45, 2.75) is 18.7 Å². The van der Waals surface area contributed by atoms with E-state index in [9.17, 15) is 18.0 Å². The van der Waals surface area contributed by atoms with Gasteiger partial charge < -0.3 is 10.2 Å². The molecule has 0 aliphatic rings. The van der Waals surface area contributed by atoms with Crippen LogP contribution in [-0.2, 0) is 10.0 Å². The van der Waals surface area contributed by atoms with Gasteiger partial charge in [0.05, 0.1) is 4.90 Å². The number of urea groups is 1. The van der Waals surface area contributed by atoms with E-state index in [1.807, 2.05) is 18.6 Å². The molecule has 0 atom stereocenters. The Kier molecular flexibility index (Phi) is 7.79. The van der Waals surface area contributed by atoms with E-state index >= 15 is 0 Å². The highest BCUT2D eigenvalue weighted by Crippen LogP contribution is 2.15. The number of nitrogens with zero attached hydrogens (tertiary/aromatic N) is 1. The molecule has 2 rings (SSSR count). The average molecular weight is 377 g/mol. The molecule has 7 nitrogen and oxygen atoms in total. The molecule has 0 bridgehead atoms. The van der Waals surface area contributed by atoms with Crippen LogP contribution in [0.1, 0.15) is 24.2 Å². The molecule has 0 aliphatic carbocycles. The van der Waals surface area contributed by atoms with E-state index in [-0.39, 0.29) is 16.5 Å². The second-order valence-electron chi connectivity index (χ2n) is 5.15. The molecule has 2 aromatic rings. The number of nitrogens with one attached hydrogen (secondary N) is 2. The van der Waals surface area contributed by atoms with Gasteiger partial charge in [0.25, 0.3) is 15.9 Å². The van der Waals surface area contributed by atoms with E-state index in [1.165, 1.54) is 41.3 Å². The molecule has 0 radical (unpaired) electrons. The van der Waals surface area contributed by atoms with Crippen LogP contribution in [0.15, 0.2) is 59.5 Å². The molecule has 0 heterocycles. The van der Waals surface area contributed by atoms with Crippen molar-refractivity contribution >= 4 is 27.6 Å². The van der Waals surface area contributed by atoms with Crippen molar-refractivity contribution in [3.05, 3.63) is 60.2 Å². The van der Waals surface area contributed by atoms with Crippen LogP contribution in [0.3, 0.4) is 0 Å². The highest BCUT2D eigenvalue weighted by atomic mass is 32.2. The maximum Gasteiger partial charge on any atom is 0.321 e. The van der Waals surface area contributed by atoms with Gasteiger partial charge in [-0.15, -0.1) is 0 Å². The Labute approximate surface area is 154 Å². The number of carbonyl (C=O) groups is 2. The normalized spacial score (nSPS) is 10.2. The van der Waals surface area contributed by atoms with Crippen molar-refractivity contribution in [2.75, 3.05) is 19.4 Å². The zero-order valence-corrected chi connectivity index (χ0v) is 16.0. The smallest absolute Gasteiger partial charge is 0.321 e. The summed E-state index contributed by atoms with van der Waals surface area (Å²) in [6.45, 7) is 4.00. The molecule has 0 fully saturated rings. The standard InChI is InChI=1S/C16H17N3O4S.C2H6/c1-19(2)16(21)17-13-8-10-14(11-9-13)24(22,23)18-15(20)12-6-4-3-5-7-12;1-2/h3-11H,1-2H3,(H,17,21)(H,18,20);1-2H3. The third-order valence-electron chi connectivity index (χ3n) is 3.09. The van der Waals surface area contributed by atoms with Crippen LogP contribution >= 0.6 is 0 Å². The van der Waals surface area contributed by atoms with Crippen molar-refractivity contribution in [3.8, 4) is 0 Å². The maximum atomic E-state index is 12.2. The maximum absolute atomic E-state index is 12.2. The quantitative estimate of drug-likeness (QED) is 0.856. The number of benzene rings is 2. The Bertz CT molecular complexity index is 832. The van der Waals surface area contributed by atoms with E-state index in [0.29, 0.717) is 5.69 Å².